The summed E-state index contributed by atoms with van der Waals surface area (Å²) < 4.78 is 5.74. The lowest BCUT2D eigenvalue weighted by Crippen LogP contribution is -2.12. The smallest absolute Gasteiger partial charge is 0.276 e. The zero-order valence-electron chi connectivity index (χ0n) is 15.4. The molecule has 0 atom stereocenters. The Morgan fingerprint density at radius 3 is 2.71 bits per heavy atom. The SMILES string of the molecule is Cc1cccc(NC(=O)CCSc2nnc(-c3ccc4ccccc4c3)o2)c1. The van der Waals surface area contributed by atoms with Gasteiger partial charge in [-0.05, 0) is 47.5 Å². The van der Waals surface area contributed by atoms with Gasteiger partial charge in [0.1, 0.15) is 0 Å². The zero-order valence-corrected chi connectivity index (χ0v) is 16.2. The minimum absolute atomic E-state index is 0.0348. The lowest BCUT2D eigenvalue weighted by Gasteiger charge is -2.05. The second kappa shape index (κ2) is 8.27. The number of benzene rings is 3. The van der Waals surface area contributed by atoms with Crippen molar-refractivity contribution in [3.63, 3.8) is 0 Å². The van der Waals surface area contributed by atoms with Crippen LogP contribution in [0.1, 0.15) is 12.0 Å². The lowest BCUT2D eigenvalue weighted by atomic mass is 10.1. The zero-order chi connectivity index (χ0) is 19.3. The van der Waals surface area contributed by atoms with Gasteiger partial charge in [0.15, 0.2) is 0 Å². The standard InChI is InChI=1S/C22H19N3O2S/c1-15-5-4-8-19(13-15)23-20(26)11-12-28-22-25-24-21(27-22)18-10-9-16-6-2-3-7-17(16)14-18/h2-10,13-14H,11-12H2,1H3,(H,23,26). The number of aromatic nitrogens is 2. The first-order valence-electron chi connectivity index (χ1n) is 8.99. The number of carbonyl (C=O) groups excluding carboxylic acids is 1. The Balaban J connectivity index is 1.33. The van der Waals surface area contributed by atoms with E-state index in [2.05, 4.69) is 27.6 Å². The maximum absolute atomic E-state index is 12.1. The van der Waals surface area contributed by atoms with E-state index in [-0.39, 0.29) is 5.91 Å². The highest BCUT2D eigenvalue weighted by molar-refractivity contribution is 7.99. The summed E-state index contributed by atoms with van der Waals surface area (Å²) in [5.74, 6) is 1.02. The molecule has 0 unspecified atom stereocenters. The van der Waals surface area contributed by atoms with Gasteiger partial charge in [0.05, 0.1) is 0 Å². The van der Waals surface area contributed by atoms with Crippen molar-refractivity contribution in [1.29, 1.82) is 0 Å². The normalized spacial score (nSPS) is 10.9. The van der Waals surface area contributed by atoms with Gasteiger partial charge < -0.3 is 9.73 Å². The molecule has 0 aliphatic rings. The van der Waals surface area contributed by atoms with Gasteiger partial charge in [0, 0.05) is 23.4 Å². The van der Waals surface area contributed by atoms with E-state index in [4.69, 9.17) is 4.42 Å². The molecule has 0 aliphatic carbocycles. The molecule has 1 amide bonds. The summed E-state index contributed by atoms with van der Waals surface area (Å²) in [6.07, 6.45) is 0.367. The van der Waals surface area contributed by atoms with Crippen molar-refractivity contribution in [3.05, 3.63) is 72.3 Å². The number of carbonyl (C=O) groups is 1. The predicted octanol–water partition coefficient (Wildman–Crippen LogP) is 5.32. The molecule has 0 aliphatic heterocycles. The van der Waals surface area contributed by atoms with Crippen LogP contribution in [0.25, 0.3) is 22.2 Å². The van der Waals surface area contributed by atoms with Crippen LogP contribution in [-0.4, -0.2) is 21.9 Å². The molecule has 1 N–H and O–H groups in total. The molecule has 4 rings (SSSR count). The van der Waals surface area contributed by atoms with E-state index in [9.17, 15) is 4.79 Å². The first-order chi connectivity index (χ1) is 13.7. The summed E-state index contributed by atoms with van der Waals surface area (Å²) in [5.41, 5.74) is 2.81. The van der Waals surface area contributed by atoms with Gasteiger partial charge in [-0.25, -0.2) is 0 Å². The molecule has 0 saturated carbocycles. The molecular weight excluding hydrogens is 370 g/mol. The summed E-state index contributed by atoms with van der Waals surface area (Å²) in [6, 6.07) is 21.9. The molecule has 0 radical (unpaired) electrons. The molecule has 1 heterocycles. The predicted molar refractivity (Wildman–Crippen MR) is 112 cm³/mol. The molecule has 0 saturated heterocycles. The molecule has 1 aromatic heterocycles. The van der Waals surface area contributed by atoms with E-state index in [1.54, 1.807) is 0 Å². The average Bonchev–Trinajstić information content (AvgIpc) is 3.16. The number of hydrogen-bond donors (Lipinski definition) is 1. The minimum atomic E-state index is -0.0348. The van der Waals surface area contributed by atoms with Gasteiger partial charge in [-0.15, -0.1) is 10.2 Å². The second-order valence-corrected chi connectivity index (χ2v) is 7.50. The number of nitrogens with one attached hydrogen (secondary N) is 1. The molecule has 6 heteroatoms. The first kappa shape index (κ1) is 18.3. The Bertz CT molecular complexity index is 1120. The quantitative estimate of drug-likeness (QED) is 0.452. The van der Waals surface area contributed by atoms with Crippen molar-refractivity contribution in [2.24, 2.45) is 0 Å². The number of hydrogen-bond acceptors (Lipinski definition) is 5. The summed E-state index contributed by atoms with van der Waals surface area (Å²) in [5, 5.41) is 13.9. The third kappa shape index (κ3) is 4.40. The second-order valence-electron chi connectivity index (χ2n) is 6.45. The largest absolute Gasteiger partial charge is 0.411 e. The van der Waals surface area contributed by atoms with Crippen molar-refractivity contribution in [2.75, 3.05) is 11.1 Å². The summed E-state index contributed by atoms with van der Waals surface area (Å²) in [7, 11) is 0. The Labute approximate surface area is 167 Å². The third-order valence-corrected chi connectivity index (χ3v) is 5.08. The molecule has 3 aromatic carbocycles. The van der Waals surface area contributed by atoms with Crippen LogP contribution in [0.5, 0.6) is 0 Å². The van der Waals surface area contributed by atoms with Gasteiger partial charge >= 0.3 is 0 Å². The molecule has 0 fully saturated rings. The molecule has 140 valence electrons. The van der Waals surface area contributed by atoms with Crippen molar-refractivity contribution in [1.82, 2.24) is 10.2 Å². The van der Waals surface area contributed by atoms with Crippen LogP contribution in [0.4, 0.5) is 5.69 Å². The van der Waals surface area contributed by atoms with Crippen molar-refractivity contribution in [2.45, 2.75) is 18.6 Å². The molecular formula is C22H19N3O2S. The Morgan fingerprint density at radius 1 is 1.00 bits per heavy atom. The van der Waals surface area contributed by atoms with Gasteiger partial charge in [0.2, 0.25) is 11.8 Å². The number of anilines is 1. The highest BCUT2D eigenvalue weighted by atomic mass is 32.2. The van der Waals surface area contributed by atoms with Crippen LogP contribution < -0.4 is 5.32 Å². The average molecular weight is 389 g/mol. The third-order valence-electron chi connectivity index (χ3n) is 4.26. The van der Waals surface area contributed by atoms with E-state index < -0.39 is 0 Å². The molecule has 28 heavy (non-hydrogen) atoms. The van der Waals surface area contributed by atoms with Crippen molar-refractivity contribution < 1.29 is 9.21 Å². The summed E-state index contributed by atoms with van der Waals surface area (Å²) in [4.78, 5) is 12.1. The van der Waals surface area contributed by atoms with E-state index in [0.29, 0.717) is 23.3 Å². The van der Waals surface area contributed by atoms with Crippen LogP contribution in [0.3, 0.4) is 0 Å². The van der Waals surface area contributed by atoms with Gasteiger partial charge in [-0.2, -0.15) is 0 Å². The number of aryl methyl sites for hydroxylation is 1. The van der Waals surface area contributed by atoms with Crippen LogP contribution in [0, 0.1) is 6.92 Å². The number of fused-ring (bicyclic) bond motifs is 1. The molecule has 0 spiro atoms. The minimum Gasteiger partial charge on any atom is -0.411 e. The number of rotatable bonds is 6. The van der Waals surface area contributed by atoms with Crippen molar-refractivity contribution in [3.8, 4) is 11.5 Å². The number of nitrogens with zero attached hydrogens (tertiary/aromatic N) is 2. The van der Waals surface area contributed by atoms with Gasteiger partial charge in [-0.1, -0.05) is 54.2 Å². The highest BCUT2D eigenvalue weighted by Gasteiger charge is 2.11. The molecule has 5 nitrogen and oxygen atoms in total. The van der Waals surface area contributed by atoms with E-state index in [1.165, 1.54) is 17.1 Å². The Morgan fingerprint density at radius 2 is 1.86 bits per heavy atom. The van der Waals surface area contributed by atoms with Crippen LogP contribution in [0.15, 0.2) is 76.4 Å². The Hall–Kier alpha value is -3.12. The Kier molecular flexibility index (Phi) is 5.39. The van der Waals surface area contributed by atoms with E-state index >= 15 is 0 Å². The molecule has 4 aromatic rings. The van der Waals surface area contributed by atoms with Gasteiger partial charge in [0.25, 0.3) is 5.22 Å². The molecule has 0 bridgehead atoms. The van der Waals surface area contributed by atoms with Crippen LogP contribution in [0.2, 0.25) is 0 Å². The van der Waals surface area contributed by atoms with E-state index in [0.717, 1.165) is 22.2 Å². The van der Waals surface area contributed by atoms with Crippen LogP contribution in [-0.2, 0) is 4.79 Å². The highest BCUT2D eigenvalue weighted by Crippen LogP contribution is 2.26. The summed E-state index contributed by atoms with van der Waals surface area (Å²) >= 11 is 1.38. The van der Waals surface area contributed by atoms with Gasteiger partial charge in [-0.3, -0.25) is 4.79 Å². The van der Waals surface area contributed by atoms with Crippen molar-refractivity contribution >= 4 is 34.1 Å². The number of amides is 1. The number of thioether (sulfide) groups is 1. The first-order valence-corrected chi connectivity index (χ1v) is 9.98. The summed E-state index contributed by atoms with van der Waals surface area (Å²) in [6.45, 7) is 1.99. The topological polar surface area (TPSA) is 68.0 Å². The van der Waals surface area contributed by atoms with Crippen LogP contribution >= 0.6 is 11.8 Å². The fourth-order valence-electron chi connectivity index (χ4n) is 2.88. The lowest BCUT2D eigenvalue weighted by molar-refractivity contribution is -0.115. The maximum Gasteiger partial charge on any atom is 0.276 e. The fourth-order valence-corrected chi connectivity index (χ4v) is 3.58. The fraction of sp³-hybridized carbons (Fsp3) is 0.136. The van der Waals surface area contributed by atoms with E-state index in [1.807, 2.05) is 61.5 Å². The maximum atomic E-state index is 12.1. The monoisotopic (exact) mass is 389 g/mol.